The van der Waals surface area contributed by atoms with Crippen molar-refractivity contribution in [2.24, 2.45) is 5.92 Å². The Kier molecular flexibility index (Phi) is 4.89. The third-order valence-corrected chi connectivity index (χ3v) is 2.75. The van der Waals surface area contributed by atoms with Gasteiger partial charge in [0.2, 0.25) is 0 Å². The Morgan fingerprint density at radius 3 is 2.87 bits per heavy atom. The van der Waals surface area contributed by atoms with E-state index in [1.165, 1.54) is 5.57 Å². The van der Waals surface area contributed by atoms with Gasteiger partial charge in [0.1, 0.15) is 0 Å². The van der Waals surface area contributed by atoms with Gasteiger partial charge in [-0.2, -0.15) is 0 Å². The number of aromatic nitrogens is 2. The van der Waals surface area contributed by atoms with Crippen LogP contribution in [0.3, 0.4) is 0 Å². The molecule has 15 heavy (non-hydrogen) atoms. The second-order valence-corrected chi connectivity index (χ2v) is 4.29. The van der Waals surface area contributed by atoms with Crippen molar-refractivity contribution in [3.8, 4) is 0 Å². The fraction of sp³-hybridized carbons (Fsp3) is 0.583. The smallest absolute Gasteiger partial charge is 0.0950 e. The quantitative estimate of drug-likeness (QED) is 0.702. The Balaban J connectivity index is 2.90. The van der Waals surface area contributed by atoms with Crippen molar-refractivity contribution in [1.82, 2.24) is 9.55 Å². The first kappa shape index (κ1) is 12.3. The first-order chi connectivity index (χ1) is 7.19. The molecule has 0 aromatic carbocycles. The molecule has 1 heterocycles. The Labute approximate surface area is 97.0 Å². The van der Waals surface area contributed by atoms with Crippen LogP contribution < -0.4 is 0 Å². The normalized spacial score (nSPS) is 12.5. The SMILES string of the molecule is CCCn1cncc1C=C(CCl)C(C)C. The van der Waals surface area contributed by atoms with Crippen LogP contribution in [0.25, 0.3) is 6.08 Å². The molecule has 0 N–H and O–H groups in total. The number of rotatable bonds is 5. The summed E-state index contributed by atoms with van der Waals surface area (Å²) in [5.74, 6) is 1.09. The molecule has 0 unspecified atom stereocenters. The molecule has 0 aliphatic heterocycles. The highest BCUT2D eigenvalue weighted by atomic mass is 35.5. The van der Waals surface area contributed by atoms with E-state index in [1.54, 1.807) is 0 Å². The van der Waals surface area contributed by atoms with Crippen LogP contribution in [-0.2, 0) is 6.54 Å². The summed E-state index contributed by atoms with van der Waals surface area (Å²) >= 11 is 5.91. The number of imidazole rings is 1. The zero-order valence-electron chi connectivity index (χ0n) is 9.70. The molecule has 0 radical (unpaired) electrons. The summed E-state index contributed by atoms with van der Waals surface area (Å²) in [4.78, 5) is 4.16. The highest BCUT2D eigenvalue weighted by Gasteiger charge is 2.04. The van der Waals surface area contributed by atoms with Crippen LogP contribution in [0.5, 0.6) is 0 Å². The average molecular weight is 227 g/mol. The maximum atomic E-state index is 5.91. The predicted octanol–water partition coefficient (Wildman–Crippen LogP) is 3.57. The number of halogens is 1. The average Bonchev–Trinajstić information content (AvgIpc) is 2.62. The summed E-state index contributed by atoms with van der Waals surface area (Å²) in [6.45, 7) is 7.50. The number of aryl methyl sites for hydroxylation is 1. The van der Waals surface area contributed by atoms with Crippen LogP contribution in [0.15, 0.2) is 18.1 Å². The summed E-state index contributed by atoms with van der Waals surface area (Å²) in [6, 6.07) is 0. The third kappa shape index (κ3) is 3.38. The Morgan fingerprint density at radius 1 is 1.60 bits per heavy atom. The number of alkyl halides is 1. The van der Waals surface area contributed by atoms with Crippen LogP contribution in [0.2, 0.25) is 0 Å². The molecule has 0 saturated carbocycles. The lowest BCUT2D eigenvalue weighted by atomic mass is 10.0. The largest absolute Gasteiger partial charge is 0.331 e. The van der Waals surface area contributed by atoms with Crippen LogP contribution in [0.1, 0.15) is 32.9 Å². The second kappa shape index (κ2) is 5.96. The molecule has 0 saturated heterocycles. The monoisotopic (exact) mass is 226 g/mol. The van der Waals surface area contributed by atoms with E-state index in [0.717, 1.165) is 18.7 Å². The van der Waals surface area contributed by atoms with Crippen molar-refractivity contribution < 1.29 is 0 Å². The topological polar surface area (TPSA) is 17.8 Å². The van der Waals surface area contributed by atoms with Crippen molar-refractivity contribution in [3.05, 3.63) is 23.8 Å². The fourth-order valence-corrected chi connectivity index (χ4v) is 1.81. The highest BCUT2D eigenvalue weighted by Crippen LogP contribution is 2.16. The molecule has 0 spiro atoms. The van der Waals surface area contributed by atoms with Gasteiger partial charge in [0.15, 0.2) is 0 Å². The standard InChI is InChI=1S/C12H19ClN2/c1-4-5-15-9-14-8-12(15)6-11(7-13)10(2)3/h6,8-10H,4-5,7H2,1-3H3. The van der Waals surface area contributed by atoms with Gasteiger partial charge >= 0.3 is 0 Å². The highest BCUT2D eigenvalue weighted by molar-refractivity contribution is 6.19. The third-order valence-electron chi connectivity index (χ3n) is 2.44. The molecule has 0 aliphatic carbocycles. The van der Waals surface area contributed by atoms with E-state index in [1.807, 2.05) is 12.5 Å². The van der Waals surface area contributed by atoms with Crippen LogP contribution in [0, 0.1) is 5.92 Å². The Morgan fingerprint density at radius 2 is 2.33 bits per heavy atom. The zero-order valence-corrected chi connectivity index (χ0v) is 10.5. The van der Waals surface area contributed by atoms with Crippen molar-refractivity contribution in [3.63, 3.8) is 0 Å². The number of allylic oxidation sites excluding steroid dienone is 1. The summed E-state index contributed by atoms with van der Waals surface area (Å²) in [7, 11) is 0. The minimum Gasteiger partial charge on any atom is -0.331 e. The van der Waals surface area contributed by atoms with Crippen molar-refractivity contribution in [1.29, 1.82) is 0 Å². The van der Waals surface area contributed by atoms with Crippen molar-refractivity contribution >= 4 is 17.7 Å². The Bertz CT molecular complexity index is 326. The van der Waals surface area contributed by atoms with Gasteiger partial charge in [0.25, 0.3) is 0 Å². The summed E-state index contributed by atoms with van der Waals surface area (Å²) < 4.78 is 2.16. The second-order valence-electron chi connectivity index (χ2n) is 4.02. The van der Waals surface area contributed by atoms with E-state index in [-0.39, 0.29) is 0 Å². The van der Waals surface area contributed by atoms with E-state index in [4.69, 9.17) is 11.6 Å². The molecule has 3 heteroatoms. The first-order valence-electron chi connectivity index (χ1n) is 5.45. The molecule has 1 rings (SSSR count). The lowest BCUT2D eigenvalue weighted by Crippen LogP contribution is -2.00. The van der Waals surface area contributed by atoms with Gasteiger partial charge in [-0.1, -0.05) is 26.3 Å². The summed E-state index contributed by atoms with van der Waals surface area (Å²) in [5, 5.41) is 0. The fourth-order valence-electron chi connectivity index (χ4n) is 1.43. The van der Waals surface area contributed by atoms with Gasteiger partial charge in [-0.3, -0.25) is 0 Å². The van der Waals surface area contributed by atoms with E-state index in [2.05, 4.69) is 36.4 Å². The van der Waals surface area contributed by atoms with Gasteiger partial charge in [-0.15, -0.1) is 11.6 Å². The molecular weight excluding hydrogens is 208 g/mol. The lowest BCUT2D eigenvalue weighted by Gasteiger charge is -2.09. The number of nitrogens with zero attached hydrogens (tertiary/aromatic N) is 2. The molecule has 2 nitrogen and oxygen atoms in total. The van der Waals surface area contributed by atoms with Crippen LogP contribution in [-0.4, -0.2) is 15.4 Å². The van der Waals surface area contributed by atoms with Gasteiger partial charge in [0, 0.05) is 12.4 Å². The van der Waals surface area contributed by atoms with E-state index in [0.29, 0.717) is 11.8 Å². The van der Waals surface area contributed by atoms with Gasteiger partial charge in [-0.25, -0.2) is 4.98 Å². The lowest BCUT2D eigenvalue weighted by molar-refractivity contribution is 0.672. The molecule has 0 atom stereocenters. The molecular formula is C12H19ClN2. The summed E-state index contributed by atoms with van der Waals surface area (Å²) in [5.41, 5.74) is 2.41. The first-order valence-corrected chi connectivity index (χ1v) is 5.99. The Hall–Kier alpha value is -0.760. The summed E-state index contributed by atoms with van der Waals surface area (Å²) in [6.07, 6.45) is 7.04. The molecule has 0 bridgehead atoms. The van der Waals surface area contributed by atoms with Crippen molar-refractivity contribution in [2.45, 2.75) is 33.7 Å². The van der Waals surface area contributed by atoms with Gasteiger partial charge < -0.3 is 4.57 Å². The van der Waals surface area contributed by atoms with Crippen molar-refractivity contribution in [2.75, 3.05) is 5.88 Å². The molecule has 0 aliphatic rings. The number of hydrogen-bond donors (Lipinski definition) is 0. The number of hydrogen-bond acceptors (Lipinski definition) is 1. The maximum absolute atomic E-state index is 5.91. The minimum atomic E-state index is 0.493. The molecule has 84 valence electrons. The van der Waals surface area contributed by atoms with Gasteiger partial charge in [-0.05, 0) is 18.4 Å². The van der Waals surface area contributed by atoms with Crippen LogP contribution >= 0.6 is 11.6 Å². The molecule has 1 aromatic heterocycles. The van der Waals surface area contributed by atoms with Crippen LogP contribution in [0.4, 0.5) is 0 Å². The molecule has 0 fully saturated rings. The molecule has 1 aromatic rings. The minimum absolute atomic E-state index is 0.493. The van der Waals surface area contributed by atoms with E-state index < -0.39 is 0 Å². The van der Waals surface area contributed by atoms with E-state index in [9.17, 15) is 0 Å². The zero-order chi connectivity index (χ0) is 11.3. The maximum Gasteiger partial charge on any atom is 0.0950 e. The van der Waals surface area contributed by atoms with E-state index >= 15 is 0 Å². The molecule has 0 amide bonds. The van der Waals surface area contributed by atoms with Gasteiger partial charge in [0.05, 0.1) is 18.2 Å². The predicted molar refractivity (Wildman–Crippen MR) is 66.1 cm³/mol.